The number of hydrogen-bond acceptors (Lipinski definition) is 3. The topological polar surface area (TPSA) is 56.0 Å². The molecular weight excluding hydrogens is 164 g/mol. The van der Waals surface area contributed by atoms with E-state index in [-0.39, 0.29) is 24.7 Å². The van der Waals surface area contributed by atoms with Crippen LogP contribution in [-0.2, 0) is 0 Å². The number of carbonyl (C=O) groups is 1. The van der Waals surface area contributed by atoms with E-state index < -0.39 is 0 Å². The van der Waals surface area contributed by atoms with Gasteiger partial charge in [-0.15, -0.1) is 12.4 Å². The van der Waals surface area contributed by atoms with Crippen LogP contribution < -0.4 is 5.73 Å². The molecule has 0 aliphatic heterocycles. The van der Waals surface area contributed by atoms with Crippen molar-refractivity contribution in [2.45, 2.75) is 0 Å². The van der Waals surface area contributed by atoms with Gasteiger partial charge in [-0.2, -0.15) is 0 Å². The van der Waals surface area contributed by atoms with Gasteiger partial charge in [0.05, 0.1) is 6.54 Å². The predicted molar refractivity (Wildman–Crippen MR) is 44.9 cm³/mol. The standard InChI is InChI=1S/C7H8N2O.ClH/c8-4-7(10)6-2-1-3-9-5-6;/h1-3,5H,4,8H2;1H. The first-order valence-electron chi connectivity index (χ1n) is 2.98. The first-order valence-corrected chi connectivity index (χ1v) is 2.98. The number of aromatic nitrogens is 1. The molecule has 1 aromatic heterocycles. The Balaban J connectivity index is 0.000001000. The van der Waals surface area contributed by atoms with Crippen LogP contribution in [0.4, 0.5) is 0 Å². The lowest BCUT2D eigenvalue weighted by atomic mass is 10.2. The predicted octanol–water partition coefficient (Wildman–Crippen LogP) is 0.645. The summed E-state index contributed by atoms with van der Waals surface area (Å²) in [7, 11) is 0. The average Bonchev–Trinajstić information content (AvgIpc) is 2.05. The maximum absolute atomic E-state index is 10.8. The largest absolute Gasteiger partial charge is 0.324 e. The summed E-state index contributed by atoms with van der Waals surface area (Å²) in [4.78, 5) is 14.6. The van der Waals surface area contributed by atoms with Crippen LogP contribution in [0.3, 0.4) is 0 Å². The van der Waals surface area contributed by atoms with Crippen molar-refractivity contribution in [3.05, 3.63) is 30.1 Å². The number of carbonyl (C=O) groups excluding carboxylic acids is 1. The Labute approximate surface area is 71.0 Å². The van der Waals surface area contributed by atoms with Crippen molar-refractivity contribution < 1.29 is 4.79 Å². The lowest BCUT2D eigenvalue weighted by Crippen LogP contribution is -2.13. The number of rotatable bonds is 2. The van der Waals surface area contributed by atoms with Gasteiger partial charge in [-0.3, -0.25) is 9.78 Å². The average molecular weight is 173 g/mol. The molecule has 0 radical (unpaired) electrons. The van der Waals surface area contributed by atoms with E-state index in [0.717, 1.165) is 0 Å². The molecular formula is C7H9ClN2O. The maximum atomic E-state index is 10.8. The third kappa shape index (κ3) is 2.65. The van der Waals surface area contributed by atoms with E-state index in [2.05, 4.69) is 4.98 Å². The fraction of sp³-hybridized carbons (Fsp3) is 0.143. The number of halogens is 1. The first kappa shape index (κ1) is 10.1. The quantitative estimate of drug-likeness (QED) is 0.667. The van der Waals surface area contributed by atoms with Crippen LogP contribution in [0, 0.1) is 0 Å². The van der Waals surface area contributed by atoms with Gasteiger partial charge in [0.1, 0.15) is 0 Å². The fourth-order valence-corrected chi connectivity index (χ4v) is 0.646. The third-order valence-electron chi connectivity index (χ3n) is 1.17. The van der Waals surface area contributed by atoms with Gasteiger partial charge in [-0.05, 0) is 12.1 Å². The van der Waals surface area contributed by atoms with E-state index in [0.29, 0.717) is 5.56 Å². The number of nitrogens with zero attached hydrogens (tertiary/aromatic N) is 1. The number of pyridine rings is 1. The van der Waals surface area contributed by atoms with Crippen molar-refractivity contribution in [3.8, 4) is 0 Å². The minimum atomic E-state index is -0.0758. The highest BCUT2D eigenvalue weighted by Gasteiger charge is 1.99. The van der Waals surface area contributed by atoms with Crippen molar-refractivity contribution in [2.24, 2.45) is 5.73 Å². The summed E-state index contributed by atoms with van der Waals surface area (Å²) in [6.45, 7) is 0.0473. The molecule has 0 fully saturated rings. The molecule has 3 nitrogen and oxygen atoms in total. The van der Waals surface area contributed by atoms with Crippen molar-refractivity contribution >= 4 is 18.2 Å². The number of hydrogen-bond donors (Lipinski definition) is 1. The van der Waals surface area contributed by atoms with Crippen molar-refractivity contribution in [3.63, 3.8) is 0 Å². The minimum Gasteiger partial charge on any atom is -0.324 e. The molecule has 2 N–H and O–H groups in total. The van der Waals surface area contributed by atoms with Gasteiger partial charge in [0.25, 0.3) is 0 Å². The van der Waals surface area contributed by atoms with Crippen LogP contribution in [0.2, 0.25) is 0 Å². The third-order valence-corrected chi connectivity index (χ3v) is 1.17. The van der Waals surface area contributed by atoms with Gasteiger partial charge in [0.2, 0.25) is 0 Å². The van der Waals surface area contributed by atoms with Crippen LogP contribution in [0.5, 0.6) is 0 Å². The Kier molecular flexibility index (Phi) is 4.41. The van der Waals surface area contributed by atoms with Crippen LogP contribution in [0.15, 0.2) is 24.5 Å². The van der Waals surface area contributed by atoms with E-state index >= 15 is 0 Å². The maximum Gasteiger partial charge on any atom is 0.177 e. The summed E-state index contributed by atoms with van der Waals surface area (Å²) in [6, 6.07) is 3.41. The molecule has 0 spiro atoms. The van der Waals surface area contributed by atoms with Crippen LogP contribution in [0.1, 0.15) is 10.4 Å². The normalized spacial score (nSPS) is 8.45. The van der Waals surface area contributed by atoms with E-state index in [4.69, 9.17) is 5.73 Å². The molecule has 0 aliphatic rings. The lowest BCUT2D eigenvalue weighted by Gasteiger charge is -1.92. The summed E-state index contributed by atoms with van der Waals surface area (Å²) in [5, 5.41) is 0. The molecule has 4 heteroatoms. The van der Waals surface area contributed by atoms with E-state index in [1.165, 1.54) is 6.20 Å². The van der Waals surface area contributed by atoms with Gasteiger partial charge in [0, 0.05) is 18.0 Å². The van der Waals surface area contributed by atoms with Crippen LogP contribution >= 0.6 is 12.4 Å². The SMILES string of the molecule is Cl.NCC(=O)c1cccnc1. The first-order chi connectivity index (χ1) is 4.84. The van der Waals surface area contributed by atoms with Crippen molar-refractivity contribution in [1.82, 2.24) is 4.98 Å². The second kappa shape index (κ2) is 4.82. The molecule has 11 heavy (non-hydrogen) atoms. The van der Waals surface area contributed by atoms with Gasteiger partial charge in [-0.25, -0.2) is 0 Å². The molecule has 0 atom stereocenters. The van der Waals surface area contributed by atoms with Gasteiger partial charge < -0.3 is 5.73 Å². The summed E-state index contributed by atoms with van der Waals surface area (Å²) in [5.41, 5.74) is 5.70. The summed E-state index contributed by atoms with van der Waals surface area (Å²) < 4.78 is 0. The minimum absolute atomic E-state index is 0. The highest BCUT2D eigenvalue weighted by molar-refractivity contribution is 5.97. The van der Waals surface area contributed by atoms with E-state index in [1.54, 1.807) is 18.3 Å². The summed E-state index contributed by atoms with van der Waals surface area (Å²) in [5.74, 6) is -0.0758. The Hall–Kier alpha value is -0.930. The molecule has 0 amide bonds. The van der Waals surface area contributed by atoms with Crippen LogP contribution in [-0.4, -0.2) is 17.3 Å². The number of ketones is 1. The Morgan fingerprint density at radius 1 is 1.64 bits per heavy atom. The Morgan fingerprint density at radius 3 is 2.82 bits per heavy atom. The molecule has 1 rings (SSSR count). The van der Waals surface area contributed by atoms with Gasteiger partial charge >= 0.3 is 0 Å². The zero-order chi connectivity index (χ0) is 7.40. The van der Waals surface area contributed by atoms with Gasteiger partial charge in [0.15, 0.2) is 5.78 Å². The zero-order valence-electron chi connectivity index (χ0n) is 5.86. The van der Waals surface area contributed by atoms with E-state index in [9.17, 15) is 4.79 Å². The zero-order valence-corrected chi connectivity index (χ0v) is 6.67. The fourth-order valence-electron chi connectivity index (χ4n) is 0.646. The smallest absolute Gasteiger partial charge is 0.177 e. The van der Waals surface area contributed by atoms with Crippen molar-refractivity contribution in [1.29, 1.82) is 0 Å². The molecule has 0 unspecified atom stereocenters. The molecule has 0 bridgehead atoms. The highest BCUT2D eigenvalue weighted by Crippen LogP contribution is 1.94. The molecule has 1 heterocycles. The molecule has 0 aromatic carbocycles. The Morgan fingerprint density at radius 2 is 2.36 bits per heavy atom. The van der Waals surface area contributed by atoms with Gasteiger partial charge in [-0.1, -0.05) is 0 Å². The second-order valence-electron chi connectivity index (χ2n) is 1.87. The lowest BCUT2D eigenvalue weighted by molar-refractivity contribution is 0.100. The molecule has 0 saturated carbocycles. The number of Topliss-reactive ketones (excluding diaryl/α,β-unsaturated/α-hetero) is 1. The molecule has 0 aliphatic carbocycles. The molecule has 60 valence electrons. The summed E-state index contributed by atoms with van der Waals surface area (Å²) in [6.07, 6.45) is 3.13. The second-order valence-corrected chi connectivity index (χ2v) is 1.87. The monoisotopic (exact) mass is 172 g/mol. The molecule has 0 saturated heterocycles. The highest BCUT2D eigenvalue weighted by atomic mass is 35.5. The summed E-state index contributed by atoms with van der Waals surface area (Å²) >= 11 is 0. The van der Waals surface area contributed by atoms with E-state index in [1.807, 2.05) is 0 Å². The van der Waals surface area contributed by atoms with Crippen LogP contribution in [0.25, 0.3) is 0 Å². The molecule has 1 aromatic rings. The Bertz CT molecular complexity index is 225. The van der Waals surface area contributed by atoms with Crippen molar-refractivity contribution in [2.75, 3.05) is 6.54 Å². The number of nitrogens with two attached hydrogens (primary N) is 1.